The average Bonchev–Trinajstić information content (AvgIpc) is 1.89. The summed E-state index contributed by atoms with van der Waals surface area (Å²) in [6, 6.07) is 0. The summed E-state index contributed by atoms with van der Waals surface area (Å²) >= 11 is 6.63. The van der Waals surface area contributed by atoms with Gasteiger partial charge >= 0.3 is 69.5 Å². The molecular weight excluding hydrogens is 163 g/mol. The summed E-state index contributed by atoms with van der Waals surface area (Å²) < 4.78 is 0. The van der Waals surface area contributed by atoms with Crippen molar-refractivity contribution in [3.05, 3.63) is 0 Å². The van der Waals surface area contributed by atoms with Gasteiger partial charge in [0.1, 0.15) is 0 Å². The summed E-state index contributed by atoms with van der Waals surface area (Å²) in [5.74, 6) is -1.76. The predicted molar refractivity (Wildman–Crippen MR) is 54.9 cm³/mol. The molecule has 0 nitrogen and oxygen atoms in total. The minimum atomic E-state index is -1.76. The van der Waals surface area contributed by atoms with E-state index in [1.807, 2.05) is 0 Å². The van der Waals surface area contributed by atoms with Gasteiger partial charge in [-0.15, -0.1) is 0 Å². The van der Waals surface area contributed by atoms with Gasteiger partial charge in [-0.1, -0.05) is 0 Å². The summed E-state index contributed by atoms with van der Waals surface area (Å²) in [6.07, 6.45) is 2.34. The van der Waals surface area contributed by atoms with Crippen LogP contribution in [0, 0.1) is 0 Å². The fraction of sp³-hybridized carbons (Fsp3) is 1.00. The second-order valence-electron chi connectivity index (χ2n) is 3.71. The SMILES string of the molecule is CCP(C)(Cl)(CC)C(C)C. The summed E-state index contributed by atoms with van der Waals surface area (Å²) in [5.41, 5.74) is 0.669. The average molecular weight is 183 g/mol. The predicted octanol–water partition coefficient (Wildman–Crippen LogP) is 3.77. The summed E-state index contributed by atoms with van der Waals surface area (Å²) in [6.45, 7) is 11.2. The van der Waals surface area contributed by atoms with E-state index in [1.165, 1.54) is 12.3 Å². The van der Waals surface area contributed by atoms with Crippen molar-refractivity contribution in [1.29, 1.82) is 0 Å². The molecular formula is C8H20ClP. The van der Waals surface area contributed by atoms with Crippen molar-refractivity contribution in [2.24, 2.45) is 0 Å². The number of halogens is 1. The molecule has 0 rings (SSSR count). The Kier molecular flexibility index (Phi) is 3.21. The van der Waals surface area contributed by atoms with Gasteiger partial charge in [-0.2, -0.15) is 0 Å². The standard InChI is InChI=1S/C8H20ClP/c1-6-10(5,9,7-2)8(3)4/h8H,6-7H2,1-5H3. The minimum absolute atomic E-state index is 0.669. The molecule has 0 aliphatic rings. The third-order valence-corrected chi connectivity index (χ3v) is 12.0. The van der Waals surface area contributed by atoms with E-state index in [1.54, 1.807) is 0 Å². The molecule has 0 aromatic rings. The Bertz CT molecular complexity index is 110. The zero-order valence-electron chi connectivity index (χ0n) is 7.82. The molecule has 0 aromatic heterocycles. The Morgan fingerprint density at radius 3 is 1.50 bits per heavy atom. The van der Waals surface area contributed by atoms with Crippen molar-refractivity contribution in [2.75, 3.05) is 19.0 Å². The van der Waals surface area contributed by atoms with Crippen molar-refractivity contribution in [2.45, 2.75) is 33.4 Å². The second-order valence-corrected chi connectivity index (χ2v) is 13.0. The molecule has 0 aliphatic heterocycles. The maximum atomic E-state index is 6.63. The van der Waals surface area contributed by atoms with E-state index in [9.17, 15) is 0 Å². The Hall–Kier alpha value is 0.720. The van der Waals surface area contributed by atoms with Crippen molar-refractivity contribution < 1.29 is 0 Å². The van der Waals surface area contributed by atoms with Gasteiger partial charge in [0, 0.05) is 0 Å². The van der Waals surface area contributed by atoms with E-state index in [0.717, 1.165) is 0 Å². The summed E-state index contributed by atoms with van der Waals surface area (Å²) in [5, 5.41) is 0. The molecule has 0 unspecified atom stereocenters. The Labute approximate surface area is 70.1 Å². The van der Waals surface area contributed by atoms with Crippen LogP contribution in [0.5, 0.6) is 0 Å². The zero-order chi connectivity index (χ0) is 8.44. The molecule has 0 saturated carbocycles. The van der Waals surface area contributed by atoms with Crippen molar-refractivity contribution in [1.82, 2.24) is 0 Å². The fourth-order valence-corrected chi connectivity index (χ4v) is 2.86. The van der Waals surface area contributed by atoms with Crippen LogP contribution in [-0.2, 0) is 0 Å². The number of hydrogen-bond acceptors (Lipinski definition) is 0. The van der Waals surface area contributed by atoms with Gasteiger partial charge in [-0.25, -0.2) is 0 Å². The van der Waals surface area contributed by atoms with Crippen LogP contribution in [0.2, 0.25) is 0 Å². The van der Waals surface area contributed by atoms with E-state index < -0.39 is 5.96 Å². The van der Waals surface area contributed by atoms with E-state index in [0.29, 0.717) is 5.66 Å². The molecule has 0 spiro atoms. The first-order valence-corrected chi connectivity index (χ1v) is 8.10. The van der Waals surface area contributed by atoms with E-state index in [2.05, 4.69) is 34.4 Å². The molecule has 0 saturated heterocycles. The van der Waals surface area contributed by atoms with Gasteiger partial charge < -0.3 is 0 Å². The molecule has 0 bridgehead atoms. The molecule has 64 valence electrons. The topological polar surface area (TPSA) is 0 Å². The Morgan fingerprint density at radius 1 is 1.20 bits per heavy atom. The molecule has 10 heavy (non-hydrogen) atoms. The molecule has 0 radical (unpaired) electrons. The summed E-state index contributed by atoms with van der Waals surface area (Å²) in [7, 11) is 0. The molecule has 0 N–H and O–H groups in total. The van der Waals surface area contributed by atoms with Crippen molar-refractivity contribution in [3.63, 3.8) is 0 Å². The van der Waals surface area contributed by atoms with Crippen LogP contribution in [0.25, 0.3) is 0 Å². The second kappa shape index (κ2) is 2.99. The molecule has 0 fully saturated rings. The van der Waals surface area contributed by atoms with Crippen LogP contribution in [0.4, 0.5) is 0 Å². The quantitative estimate of drug-likeness (QED) is 0.583. The molecule has 0 aromatic carbocycles. The number of hydrogen-bond donors (Lipinski definition) is 0. The molecule has 0 amide bonds. The Balaban J connectivity index is 4.51. The third-order valence-electron chi connectivity index (χ3n) is 3.13. The molecule has 2 heteroatoms. The molecule has 0 atom stereocenters. The van der Waals surface area contributed by atoms with Gasteiger partial charge in [0.05, 0.1) is 0 Å². The van der Waals surface area contributed by atoms with Crippen LogP contribution >= 0.6 is 17.2 Å². The van der Waals surface area contributed by atoms with E-state index in [4.69, 9.17) is 11.2 Å². The van der Waals surface area contributed by atoms with Crippen LogP contribution < -0.4 is 0 Å². The fourth-order valence-electron chi connectivity index (χ4n) is 0.954. The third kappa shape index (κ3) is 1.86. The zero-order valence-corrected chi connectivity index (χ0v) is 9.47. The Morgan fingerprint density at radius 2 is 1.50 bits per heavy atom. The van der Waals surface area contributed by atoms with Gasteiger partial charge in [0.15, 0.2) is 0 Å². The van der Waals surface area contributed by atoms with Gasteiger partial charge in [-0.05, 0) is 0 Å². The normalized spacial score (nSPS) is 16.9. The first-order chi connectivity index (χ1) is 4.35. The van der Waals surface area contributed by atoms with Crippen molar-refractivity contribution >= 4 is 17.2 Å². The van der Waals surface area contributed by atoms with E-state index in [-0.39, 0.29) is 0 Å². The van der Waals surface area contributed by atoms with Gasteiger partial charge in [-0.3, -0.25) is 0 Å². The first-order valence-electron chi connectivity index (χ1n) is 4.08. The molecule has 0 heterocycles. The first kappa shape index (κ1) is 10.7. The van der Waals surface area contributed by atoms with Crippen LogP contribution in [0.3, 0.4) is 0 Å². The van der Waals surface area contributed by atoms with Crippen LogP contribution in [-0.4, -0.2) is 24.6 Å². The van der Waals surface area contributed by atoms with Crippen molar-refractivity contribution in [3.8, 4) is 0 Å². The van der Waals surface area contributed by atoms with Crippen LogP contribution in [0.1, 0.15) is 27.7 Å². The molecule has 0 aliphatic carbocycles. The maximum absolute atomic E-state index is 6.63. The van der Waals surface area contributed by atoms with Gasteiger partial charge in [0.25, 0.3) is 0 Å². The summed E-state index contributed by atoms with van der Waals surface area (Å²) in [4.78, 5) is 0. The van der Waals surface area contributed by atoms with Gasteiger partial charge in [0.2, 0.25) is 0 Å². The van der Waals surface area contributed by atoms with Crippen LogP contribution in [0.15, 0.2) is 0 Å². The van der Waals surface area contributed by atoms with E-state index >= 15 is 0 Å². The number of rotatable bonds is 3. The monoisotopic (exact) mass is 182 g/mol.